The maximum Gasteiger partial charge on any atom is 0.274 e. The summed E-state index contributed by atoms with van der Waals surface area (Å²) in [4.78, 5) is 25.4. The molecular weight excluding hydrogens is 244 g/mol. The molecule has 1 aromatic rings. The fourth-order valence-electron chi connectivity index (χ4n) is 3.66. The van der Waals surface area contributed by atoms with Gasteiger partial charge in [-0.1, -0.05) is 30.3 Å². The van der Waals surface area contributed by atoms with Crippen molar-refractivity contribution in [2.75, 3.05) is 7.05 Å². The Kier molecular flexibility index (Phi) is 2.67. The molecule has 0 aromatic heterocycles. The van der Waals surface area contributed by atoms with Gasteiger partial charge in [-0.2, -0.15) is 0 Å². The SMILES string of the molecule is CN1[C@H]2CC[C@]1(c1ccccc1)C(=O)C([N+](=O)[O-])C2. The van der Waals surface area contributed by atoms with Gasteiger partial charge in [-0.25, -0.2) is 0 Å². The first kappa shape index (κ1) is 12.3. The zero-order valence-corrected chi connectivity index (χ0v) is 10.8. The standard InChI is InChI=1S/C14H16N2O3/c1-15-11-7-8-14(15,10-5-3-2-4-6-10)13(17)12(9-11)16(18)19/h2-6,11-12H,7-9H2,1H3/t11-,12?,14-/m0/s1. The third-order valence-corrected chi connectivity index (χ3v) is 4.70. The number of Topliss-reactive ketones (excluding diaryl/α,β-unsaturated/α-hetero) is 1. The van der Waals surface area contributed by atoms with Gasteiger partial charge >= 0.3 is 0 Å². The number of hydrogen-bond donors (Lipinski definition) is 0. The summed E-state index contributed by atoms with van der Waals surface area (Å²) in [5.74, 6) is -0.250. The van der Waals surface area contributed by atoms with Gasteiger partial charge in [0.1, 0.15) is 5.54 Å². The van der Waals surface area contributed by atoms with Crippen molar-refractivity contribution in [1.29, 1.82) is 0 Å². The largest absolute Gasteiger partial charge is 0.289 e. The highest BCUT2D eigenvalue weighted by atomic mass is 16.6. The Labute approximate surface area is 111 Å². The molecule has 5 nitrogen and oxygen atoms in total. The minimum Gasteiger partial charge on any atom is -0.289 e. The van der Waals surface area contributed by atoms with Crippen LogP contribution >= 0.6 is 0 Å². The molecule has 2 aliphatic rings. The average molecular weight is 260 g/mol. The van der Waals surface area contributed by atoms with E-state index in [0.29, 0.717) is 12.8 Å². The third kappa shape index (κ3) is 1.54. The number of nitrogens with zero attached hydrogens (tertiary/aromatic N) is 2. The summed E-state index contributed by atoms with van der Waals surface area (Å²) in [6.07, 6.45) is 1.87. The first-order chi connectivity index (χ1) is 9.07. The number of likely N-dealkylation sites (N-methyl/N-ethyl adjacent to an activating group) is 1. The van der Waals surface area contributed by atoms with Gasteiger partial charge in [0, 0.05) is 17.4 Å². The predicted molar refractivity (Wildman–Crippen MR) is 69.3 cm³/mol. The number of fused-ring (bicyclic) bond motifs is 2. The number of hydrogen-bond acceptors (Lipinski definition) is 4. The number of carbonyl (C=O) groups is 1. The molecule has 0 spiro atoms. The fraction of sp³-hybridized carbons (Fsp3) is 0.500. The van der Waals surface area contributed by atoms with Crippen LogP contribution in [0.15, 0.2) is 30.3 Å². The lowest BCUT2D eigenvalue weighted by Gasteiger charge is -2.41. The first-order valence-electron chi connectivity index (χ1n) is 6.53. The van der Waals surface area contributed by atoms with E-state index in [4.69, 9.17) is 0 Å². The van der Waals surface area contributed by atoms with E-state index >= 15 is 0 Å². The Hall–Kier alpha value is -1.75. The molecule has 2 saturated heterocycles. The molecule has 100 valence electrons. The Bertz CT molecular complexity index is 531. The zero-order valence-electron chi connectivity index (χ0n) is 10.8. The summed E-state index contributed by atoms with van der Waals surface area (Å²) >= 11 is 0. The van der Waals surface area contributed by atoms with Crippen LogP contribution in [0, 0.1) is 10.1 Å². The minimum absolute atomic E-state index is 0.133. The number of piperidine rings is 1. The number of nitro groups is 1. The lowest BCUT2D eigenvalue weighted by molar-refractivity contribution is -0.512. The minimum atomic E-state index is -1.05. The molecule has 0 saturated carbocycles. The molecular formula is C14H16N2O3. The van der Waals surface area contributed by atoms with Crippen molar-refractivity contribution in [2.45, 2.75) is 36.9 Å². The van der Waals surface area contributed by atoms with Crippen LogP contribution in [-0.4, -0.2) is 34.7 Å². The van der Waals surface area contributed by atoms with E-state index in [1.54, 1.807) is 0 Å². The molecule has 0 amide bonds. The molecule has 3 rings (SSSR count). The van der Waals surface area contributed by atoms with Crippen LogP contribution in [0.5, 0.6) is 0 Å². The molecule has 1 unspecified atom stereocenters. The average Bonchev–Trinajstić information content (AvgIpc) is 2.64. The second-order valence-corrected chi connectivity index (χ2v) is 5.43. The van der Waals surface area contributed by atoms with E-state index in [2.05, 4.69) is 0 Å². The maximum atomic E-state index is 12.7. The van der Waals surface area contributed by atoms with Crippen molar-refractivity contribution in [3.05, 3.63) is 46.0 Å². The molecule has 2 fully saturated rings. The highest BCUT2D eigenvalue weighted by Gasteiger charge is 2.60. The molecule has 5 heteroatoms. The van der Waals surface area contributed by atoms with Crippen LogP contribution in [0.3, 0.4) is 0 Å². The number of carbonyl (C=O) groups excluding carboxylic acids is 1. The smallest absolute Gasteiger partial charge is 0.274 e. The van der Waals surface area contributed by atoms with Gasteiger partial charge in [0.05, 0.1) is 0 Å². The van der Waals surface area contributed by atoms with E-state index in [1.807, 2.05) is 42.3 Å². The Balaban J connectivity index is 2.11. The fourth-order valence-corrected chi connectivity index (χ4v) is 3.66. The second-order valence-electron chi connectivity index (χ2n) is 5.43. The molecule has 0 N–H and O–H groups in total. The molecule has 19 heavy (non-hydrogen) atoms. The van der Waals surface area contributed by atoms with Gasteiger partial charge in [-0.15, -0.1) is 0 Å². The second kappa shape index (κ2) is 4.13. The molecule has 0 aliphatic carbocycles. The molecule has 0 radical (unpaired) electrons. The van der Waals surface area contributed by atoms with Gasteiger partial charge in [-0.05, 0) is 25.5 Å². The van der Waals surface area contributed by atoms with E-state index in [-0.39, 0.29) is 11.8 Å². The van der Waals surface area contributed by atoms with Crippen LogP contribution in [0.2, 0.25) is 0 Å². The van der Waals surface area contributed by atoms with Gasteiger partial charge in [-0.3, -0.25) is 19.8 Å². The topological polar surface area (TPSA) is 63.5 Å². The van der Waals surface area contributed by atoms with Crippen molar-refractivity contribution >= 4 is 5.78 Å². The van der Waals surface area contributed by atoms with Crippen molar-refractivity contribution in [1.82, 2.24) is 4.90 Å². The maximum absolute atomic E-state index is 12.7. The number of rotatable bonds is 2. The van der Waals surface area contributed by atoms with E-state index in [9.17, 15) is 14.9 Å². The predicted octanol–water partition coefficient (Wildman–Crippen LogP) is 1.59. The Morgan fingerprint density at radius 3 is 2.68 bits per heavy atom. The molecule has 3 atom stereocenters. The monoisotopic (exact) mass is 260 g/mol. The van der Waals surface area contributed by atoms with Crippen molar-refractivity contribution < 1.29 is 9.72 Å². The summed E-state index contributed by atoms with van der Waals surface area (Å²) in [6, 6.07) is 8.54. The third-order valence-electron chi connectivity index (χ3n) is 4.70. The van der Waals surface area contributed by atoms with E-state index in [0.717, 1.165) is 12.0 Å². The summed E-state index contributed by atoms with van der Waals surface area (Å²) in [5.41, 5.74) is 0.0959. The van der Waals surface area contributed by atoms with Gasteiger partial charge in [0.15, 0.2) is 0 Å². The van der Waals surface area contributed by atoms with Gasteiger partial charge in [0.25, 0.3) is 6.04 Å². The molecule has 2 heterocycles. The summed E-state index contributed by atoms with van der Waals surface area (Å²) in [7, 11) is 1.92. The number of ketones is 1. The lowest BCUT2D eigenvalue weighted by atomic mass is 9.79. The quantitative estimate of drug-likeness (QED) is 0.598. The van der Waals surface area contributed by atoms with Crippen LogP contribution < -0.4 is 0 Å². The van der Waals surface area contributed by atoms with Gasteiger partial charge in [0.2, 0.25) is 5.78 Å². The Morgan fingerprint density at radius 2 is 2.05 bits per heavy atom. The molecule has 2 aliphatic heterocycles. The van der Waals surface area contributed by atoms with Crippen molar-refractivity contribution in [3.8, 4) is 0 Å². The highest BCUT2D eigenvalue weighted by Crippen LogP contribution is 2.47. The Morgan fingerprint density at radius 1 is 1.37 bits per heavy atom. The molecule has 1 aromatic carbocycles. The molecule has 2 bridgehead atoms. The first-order valence-corrected chi connectivity index (χ1v) is 6.53. The van der Waals surface area contributed by atoms with Crippen LogP contribution in [0.25, 0.3) is 0 Å². The number of benzene rings is 1. The highest BCUT2D eigenvalue weighted by molar-refractivity contribution is 5.94. The normalized spacial score (nSPS) is 34.5. The van der Waals surface area contributed by atoms with E-state index in [1.165, 1.54) is 0 Å². The van der Waals surface area contributed by atoms with Crippen molar-refractivity contribution in [3.63, 3.8) is 0 Å². The van der Waals surface area contributed by atoms with Crippen LogP contribution in [-0.2, 0) is 10.3 Å². The van der Waals surface area contributed by atoms with Crippen LogP contribution in [0.1, 0.15) is 24.8 Å². The zero-order chi connectivity index (χ0) is 13.6. The summed E-state index contributed by atoms with van der Waals surface area (Å²) in [6.45, 7) is 0. The lowest BCUT2D eigenvalue weighted by Crippen LogP contribution is -2.59. The van der Waals surface area contributed by atoms with E-state index < -0.39 is 16.5 Å². The van der Waals surface area contributed by atoms with Crippen molar-refractivity contribution in [2.24, 2.45) is 0 Å². The van der Waals surface area contributed by atoms with Gasteiger partial charge < -0.3 is 0 Å². The van der Waals surface area contributed by atoms with Crippen LogP contribution in [0.4, 0.5) is 0 Å². The summed E-state index contributed by atoms with van der Waals surface area (Å²) in [5, 5.41) is 11.1. The summed E-state index contributed by atoms with van der Waals surface area (Å²) < 4.78 is 0.